The van der Waals surface area contributed by atoms with Crippen molar-refractivity contribution in [3.05, 3.63) is 148 Å². The Morgan fingerprint density at radius 3 is 1.52 bits per heavy atom. The second-order valence-electron chi connectivity index (χ2n) is 26.4. The van der Waals surface area contributed by atoms with Crippen LogP contribution >= 0.6 is 0 Å². The lowest BCUT2D eigenvalue weighted by Crippen LogP contribution is -2.61. The molecule has 366 valence electrons. The molecule has 3 heterocycles. The molecule has 0 bridgehead atoms. The van der Waals surface area contributed by atoms with Crippen molar-refractivity contribution in [2.75, 3.05) is 9.80 Å². The van der Waals surface area contributed by atoms with Crippen molar-refractivity contribution in [2.45, 2.75) is 168 Å². The fourth-order valence-corrected chi connectivity index (χ4v) is 12.6. The van der Waals surface area contributed by atoms with Gasteiger partial charge in [0.25, 0.3) is 6.71 Å². The van der Waals surface area contributed by atoms with Crippen molar-refractivity contribution in [2.24, 2.45) is 0 Å². The summed E-state index contributed by atoms with van der Waals surface area (Å²) < 4.78 is 50.3. The van der Waals surface area contributed by atoms with Crippen molar-refractivity contribution in [1.29, 1.82) is 0 Å². The number of hydrogen-bond acceptors (Lipinski definition) is 3. The SMILES string of the molecule is Cc1cc2c3c(c1)N(c1ccc(C(C)(C)C)cc1)c1c(oc4ccc(C(C)(C)C)cc14)B3c1cc3c(cc1N2c1cc2c(cc1-c1ccc(C(F)(F)F)cc1)C(C)(C)CCC2(C)C)C(C)(C)CCC3(C)C. The second kappa shape index (κ2) is 15.2. The topological polar surface area (TPSA) is 19.6 Å². The van der Waals surface area contributed by atoms with Gasteiger partial charge in [0.2, 0.25) is 0 Å². The molecule has 0 saturated heterocycles. The first-order valence-electron chi connectivity index (χ1n) is 25.9. The molecule has 1 aromatic heterocycles. The van der Waals surface area contributed by atoms with Crippen LogP contribution in [-0.2, 0) is 38.7 Å². The minimum absolute atomic E-state index is 0.0295. The van der Waals surface area contributed by atoms with E-state index in [1.54, 1.807) is 12.1 Å². The summed E-state index contributed by atoms with van der Waals surface area (Å²) in [5.74, 6) is 0. The van der Waals surface area contributed by atoms with Gasteiger partial charge in [0.15, 0.2) is 0 Å². The van der Waals surface area contributed by atoms with Crippen LogP contribution in [0, 0.1) is 6.92 Å². The predicted octanol–water partition coefficient (Wildman–Crippen LogP) is 16.8. The first-order chi connectivity index (χ1) is 33.0. The number of hydrogen-bond donors (Lipinski definition) is 0. The Morgan fingerprint density at radius 2 is 0.986 bits per heavy atom. The first-order valence-corrected chi connectivity index (χ1v) is 25.9. The lowest BCUT2D eigenvalue weighted by Gasteiger charge is -2.47. The summed E-state index contributed by atoms with van der Waals surface area (Å²) in [6.07, 6.45) is -0.290. The molecule has 0 fully saturated rings. The summed E-state index contributed by atoms with van der Waals surface area (Å²) in [4.78, 5) is 4.97. The van der Waals surface area contributed by atoms with Crippen LogP contribution in [0.25, 0.3) is 22.1 Å². The van der Waals surface area contributed by atoms with Gasteiger partial charge in [-0.05, 0) is 187 Å². The van der Waals surface area contributed by atoms with Crippen molar-refractivity contribution in [3.63, 3.8) is 0 Å². The largest absolute Gasteiger partial charge is 0.468 e. The number of anilines is 6. The molecule has 3 nitrogen and oxygen atoms in total. The summed E-state index contributed by atoms with van der Waals surface area (Å²) in [6, 6.07) is 36.2. The summed E-state index contributed by atoms with van der Waals surface area (Å²) in [5, 5.41) is 1.09. The van der Waals surface area contributed by atoms with Gasteiger partial charge in [-0.25, -0.2) is 0 Å². The van der Waals surface area contributed by atoms with Crippen LogP contribution in [0.15, 0.2) is 108 Å². The fraction of sp³-hybridized carbons (Fsp3) is 0.406. The lowest BCUT2D eigenvalue weighted by molar-refractivity contribution is -0.137. The molecule has 0 N–H and O–H groups in total. The Bertz CT molecular complexity index is 3330. The first kappa shape index (κ1) is 47.6. The summed E-state index contributed by atoms with van der Waals surface area (Å²) in [6.45, 7) is 34.5. The molecule has 7 heteroatoms. The van der Waals surface area contributed by atoms with Gasteiger partial charge < -0.3 is 14.2 Å². The molecular formula is C64H70BF3N2O. The van der Waals surface area contributed by atoms with Gasteiger partial charge in [-0.15, -0.1) is 0 Å². The molecule has 6 aromatic carbocycles. The van der Waals surface area contributed by atoms with Crippen molar-refractivity contribution in [3.8, 4) is 11.1 Å². The monoisotopic (exact) mass is 951 g/mol. The van der Waals surface area contributed by atoms with Gasteiger partial charge in [0.1, 0.15) is 5.58 Å². The number of benzene rings is 6. The van der Waals surface area contributed by atoms with Gasteiger partial charge in [-0.2, -0.15) is 13.2 Å². The number of aryl methyl sites for hydroxylation is 1. The third kappa shape index (κ3) is 7.43. The highest BCUT2D eigenvalue weighted by atomic mass is 19.4. The third-order valence-electron chi connectivity index (χ3n) is 17.4. The second-order valence-corrected chi connectivity index (χ2v) is 26.4. The van der Waals surface area contributed by atoms with Gasteiger partial charge in [0.05, 0.1) is 22.6 Å². The predicted molar refractivity (Wildman–Crippen MR) is 293 cm³/mol. The van der Waals surface area contributed by atoms with E-state index in [0.717, 1.165) is 98.6 Å². The van der Waals surface area contributed by atoms with E-state index in [1.165, 1.54) is 51.0 Å². The van der Waals surface area contributed by atoms with E-state index in [9.17, 15) is 13.2 Å². The smallest absolute Gasteiger partial charge is 0.416 e. The number of nitrogens with zero attached hydrogens (tertiary/aromatic N) is 2. The van der Waals surface area contributed by atoms with Crippen LogP contribution in [0.4, 0.5) is 47.3 Å². The zero-order chi connectivity index (χ0) is 50.9. The van der Waals surface area contributed by atoms with E-state index < -0.39 is 11.7 Å². The molecule has 0 radical (unpaired) electrons. The van der Waals surface area contributed by atoms with Crippen LogP contribution in [0.5, 0.6) is 0 Å². The van der Waals surface area contributed by atoms with E-state index >= 15 is 0 Å². The summed E-state index contributed by atoms with van der Waals surface area (Å²) in [5.41, 5.74) is 19.8. The highest BCUT2D eigenvalue weighted by molar-refractivity contribution is 7.00. The van der Waals surface area contributed by atoms with Crippen molar-refractivity contribution >= 4 is 68.4 Å². The minimum atomic E-state index is -4.45. The Morgan fingerprint density at radius 1 is 0.507 bits per heavy atom. The maximum absolute atomic E-state index is 14.3. The molecule has 0 spiro atoms. The molecule has 0 unspecified atom stereocenters. The maximum atomic E-state index is 14.3. The number of alkyl halides is 3. The van der Waals surface area contributed by atoms with Crippen LogP contribution in [0.1, 0.15) is 167 Å². The highest BCUT2D eigenvalue weighted by Crippen LogP contribution is 2.55. The zero-order valence-electron chi connectivity index (χ0n) is 44.7. The number of rotatable bonds is 3. The normalized spacial score (nSPS) is 18.4. The average Bonchev–Trinajstić information content (AvgIpc) is 3.66. The molecular weight excluding hydrogens is 881 g/mol. The molecule has 2 aliphatic heterocycles. The van der Waals surface area contributed by atoms with Gasteiger partial charge in [-0.3, -0.25) is 0 Å². The molecule has 11 rings (SSSR count). The number of fused-ring (bicyclic) bond motifs is 8. The molecule has 0 saturated carbocycles. The Hall–Kier alpha value is -5.69. The van der Waals surface area contributed by atoms with E-state index in [0.29, 0.717) is 0 Å². The van der Waals surface area contributed by atoms with E-state index in [1.807, 2.05) is 0 Å². The van der Waals surface area contributed by atoms with Crippen LogP contribution in [-0.4, -0.2) is 6.71 Å². The molecule has 4 aliphatic rings. The lowest BCUT2D eigenvalue weighted by atomic mass is 9.35. The van der Waals surface area contributed by atoms with Gasteiger partial charge >= 0.3 is 6.18 Å². The molecule has 2 aliphatic carbocycles. The van der Waals surface area contributed by atoms with Gasteiger partial charge in [0, 0.05) is 33.7 Å². The third-order valence-corrected chi connectivity index (χ3v) is 17.4. The quantitative estimate of drug-likeness (QED) is 0.165. The maximum Gasteiger partial charge on any atom is 0.416 e. The van der Waals surface area contributed by atoms with Crippen molar-refractivity contribution < 1.29 is 17.6 Å². The van der Waals surface area contributed by atoms with Gasteiger partial charge in [-0.1, -0.05) is 133 Å². The Kier molecular flexibility index (Phi) is 10.2. The summed E-state index contributed by atoms with van der Waals surface area (Å²) >= 11 is 0. The van der Waals surface area contributed by atoms with E-state index in [2.05, 4.69) is 193 Å². The molecule has 7 aromatic rings. The summed E-state index contributed by atoms with van der Waals surface area (Å²) in [7, 11) is 0. The Labute approximate surface area is 420 Å². The Balaban J connectivity index is 1.29. The van der Waals surface area contributed by atoms with Crippen LogP contribution in [0.2, 0.25) is 0 Å². The average molecular weight is 951 g/mol. The highest BCUT2D eigenvalue weighted by Gasteiger charge is 2.50. The van der Waals surface area contributed by atoms with E-state index in [4.69, 9.17) is 4.42 Å². The standard InChI is InChI=1S/C64H70BF3N2O/c1-37-30-52-55-53(31-37)70(50-35-47-45(60(8,9)26-28-62(47,12)13)33-43(50)38-16-18-40(19-17-38)64(66,67)68)51-36-48-46(61(10,11)27-29-63(48,14)15)34-49(51)65(55)57-56(44-32-41(59(5,6)7)22-25-54(44)71-57)69(52)42-23-20-39(21-24-42)58(2,3)4/h16-25,30-36H,26-29H2,1-15H3. The zero-order valence-corrected chi connectivity index (χ0v) is 44.7. The number of halogens is 3. The van der Waals surface area contributed by atoms with E-state index in [-0.39, 0.29) is 39.2 Å². The van der Waals surface area contributed by atoms with Crippen LogP contribution < -0.4 is 26.4 Å². The molecule has 0 amide bonds. The minimum Gasteiger partial charge on any atom is -0.468 e. The fourth-order valence-electron chi connectivity index (χ4n) is 12.6. The van der Waals surface area contributed by atoms with Crippen molar-refractivity contribution in [1.82, 2.24) is 0 Å². The van der Waals surface area contributed by atoms with Crippen LogP contribution in [0.3, 0.4) is 0 Å². The molecule has 71 heavy (non-hydrogen) atoms. The molecule has 0 atom stereocenters. The number of furan rings is 1.